The van der Waals surface area contributed by atoms with Crippen LogP contribution in [0.1, 0.15) is 57.3 Å². The van der Waals surface area contributed by atoms with E-state index in [1.54, 1.807) is 18.5 Å². The second kappa shape index (κ2) is 9.10. The molecular formula is C23H24N4O2. The number of hydrogen-bond donors (Lipinski definition) is 2. The zero-order chi connectivity index (χ0) is 20.8. The predicted molar refractivity (Wildman–Crippen MR) is 113 cm³/mol. The van der Waals surface area contributed by atoms with Gasteiger partial charge in [0.25, 0.3) is 11.8 Å². The average molecular weight is 388 g/mol. The van der Waals surface area contributed by atoms with Crippen LogP contribution in [-0.4, -0.2) is 21.8 Å². The number of aryl methyl sites for hydroxylation is 1. The van der Waals surface area contributed by atoms with Gasteiger partial charge < -0.3 is 10.6 Å². The first-order chi connectivity index (χ1) is 14.0. The molecule has 0 spiro atoms. The van der Waals surface area contributed by atoms with Gasteiger partial charge in [0.2, 0.25) is 0 Å². The lowest BCUT2D eigenvalue weighted by Crippen LogP contribution is -2.24. The van der Waals surface area contributed by atoms with Crippen molar-refractivity contribution in [3.8, 4) is 0 Å². The summed E-state index contributed by atoms with van der Waals surface area (Å²) >= 11 is 0. The third kappa shape index (κ3) is 5.04. The number of pyridine rings is 2. The summed E-state index contributed by atoms with van der Waals surface area (Å²) in [6.45, 7) is 6.47. The topological polar surface area (TPSA) is 84.0 Å². The van der Waals surface area contributed by atoms with Crippen molar-refractivity contribution in [3.05, 3.63) is 89.0 Å². The molecule has 2 amide bonds. The molecule has 0 atom stereocenters. The fourth-order valence-electron chi connectivity index (χ4n) is 3.00. The van der Waals surface area contributed by atoms with Crippen LogP contribution in [0.3, 0.4) is 0 Å². The molecule has 148 valence electrons. The van der Waals surface area contributed by atoms with Gasteiger partial charge in [-0.2, -0.15) is 0 Å². The minimum Gasteiger partial charge on any atom is -0.347 e. The molecule has 0 radical (unpaired) electrons. The smallest absolute Gasteiger partial charge is 0.270 e. The molecule has 0 aliphatic carbocycles. The van der Waals surface area contributed by atoms with Gasteiger partial charge in [0.15, 0.2) is 0 Å². The van der Waals surface area contributed by atoms with Crippen LogP contribution in [0.4, 0.5) is 5.69 Å². The van der Waals surface area contributed by atoms with Crippen LogP contribution < -0.4 is 10.6 Å². The van der Waals surface area contributed by atoms with Gasteiger partial charge in [0.05, 0.1) is 0 Å². The van der Waals surface area contributed by atoms with E-state index < -0.39 is 0 Å². The number of nitrogens with zero attached hydrogens (tertiary/aromatic N) is 2. The molecule has 29 heavy (non-hydrogen) atoms. The Morgan fingerprint density at radius 3 is 2.59 bits per heavy atom. The fraction of sp³-hybridized carbons (Fsp3) is 0.217. The maximum atomic E-state index is 12.8. The maximum absolute atomic E-state index is 12.8. The molecule has 0 aliphatic rings. The standard InChI is InChI=1S/C23H24N4O2/c1-15(2)19-8-4-6-16(3)21(19)27-22(28)18-9-11-25-20(12-18)23(29)26-14-17-7-5-10-24-13-17/h4-13,15H,14H2,1-3H3,(H,26,29)(H,27,28). The quantitative estimate of drug-likeness (QED) is 0.666. The van der Waals surface area contributed by atoms with Crippen LogP contribution in [-0.2, 0) is 6.54 Å². The molecule has 3 rings (SSSR count). The van der Waals surface area contributed by atoms with E-state index in [0.29, 0.717) is 12.1 Å². The highest BCUT2D eigenvalue weighted by molar-refractivity contribution is 6.06. The molecule has 2 aromatic heterocycles. The monoisotopic (exact) mass is 388 g/mol. The maximum Gasteiger partial charge on any atom is 0.270 e. The van der Waals surface area contributed by atoms with E-state index in [2.05, 4.69) is 34.4 Å². The molecular weight excluding hydrogens is 364 g/mol. The van der Waals surface area contributed by atoms with Crippen LogP contribution in [0.25, 0.3) is 0 Å². The molecule has 0 fully saturated rings. The van der Waals surface area contributed by atoms with Crippen molar-refractivity contribution in [3.63, 3.8) is 0 Å². The van der Waals surface area contributed by atoms with E-state index in [1.807, 2.05) is 37.3 Å². The number of aromatic nitrogens is 2. The summed E-state index contributed by atoms with van der Waals surface area (Å²) in [6.07, 6.45) is 4.83. The minimum atomic E-state index is -0.345. The van der Waals surface area contributed by atoms with Gasteiger partial charge in [-0.3, -0.25) is 19.6 Å². The Morgan fingerprint density at radius 1 is 1.03 bits per heavy atom. The zero-order valence-corrected chi connectivity index (χ0v) is 16.8. The Labute approximate surface area is 170 Å². The van der Waals surface area contributed by atoms with E-state index in [4.69, 9.17) is 0 Å². The summed E-state index contributed by atoms with van der Waals surface area (Å²) in [5.41, 5.74) is 4.33. The van der Waals surface area contributed by atoms with Gasteiger partial charge in [-0.1, -0.05) is 38.1 Å². The lowest BCUT2D eigenvalue weighted by Gasteiger charge is -2.16. The third-order valence-corrected chi connectivity index (χ3v) is 4.60. The lowest BCUT2D eigenvalue weighted by molar-refractivity contribution is 0.0946. The van der Waals surface area contributed by atoms with E-state index in [1.165, 1.54) is 12.3 Å². The number of carbonyl (C=O) groups excluding carboxylic acids is 2. The van der Waals surface area contributed by atoms with Gasteiger partial charge in [0, 0.05) is 36.4 Å². The van der Waals surface area contributed by atoms with Crippen molar-refractivity contribution < 1.29 is 9.59 Å². The summed E-state index contributed by atoms with van der Waals surface area (Å²) in [5.74, 6) is -0.344. The van der Waals surface area contributed by atoms with Crippen LogP contribution in [0, 0.1) is 6.92 Å². The van der Waals surface area contributed by atoms with Crippen molar-refractivity contribution >= 4 is 17.5 Å². The molecule has 0 saturated heterocycles. The second-order valence-corrected chi connectivity index (χ2v) is 7.12. The molecule has 1 aromatic carbocycles. The number of benzene rings is 1. The number of anilines is 1. The van der Waals surface area contributed by atoms with E-state index >= 15 is 0 Å². The van der Waals surface area contributed by atoms with Gasteiger partial charge in [-0.05, 0) is 47.7 Å². The van der Waals surface area contributed by atoms with Gasteiger partial charge >= 0.3 is 0 Å². The van der Waals surface area contributed by atoms with E-state index in [9.17, 15) is 9.59 Å². The molecule has 6 heteroatoms. The number of carbonyl (C=O) groups is 2. The first-order valence-electron chi connectivity index (χ1n) is 9.49. The summed E-state index contributed by atoms with van der Waals surface area (Å²) < 4.78 is 0. The Balaban J connectivity index is 1.74. The van der Waals surface area contributed by atoms with Crippen LogP contribution >= 0.6 is 0 Å². The van der Waals surface area contributed by atoms with Gasteiger partial charge in [0.1, 0.15) is 5.69 Å². The number of rotatable bonds is 6. The van der Waals surface area contributed by atoms with Crippen LogP contribution in [0.2, 0.25) is 0 Å². The summed E-state index contributed by atoms with van der Waals surface area (Å²) in [5, 5.41) is 5.78. The van der Waals surface area contributed by atoms with Crippen LogP contribution in [0.15, 0.2) is 61.1 Å². The highest BCUT2D eigenvalue weighted by Crippen LogP contribution is 2.27. The Hall–Kier alpha value is -3.54. The first-order valence-corrected chi connectivity index (χ1v) is 9.49. The SMILES string of the molecule is Cc1cccc(C(C)C)c1NC(=O)c1ccnc(C(=O)NCc2cccnc2)c1. The van der Waals surface area contributed by atoms with Gasteiger partial charge in [-0.15, -0.1) is 0 Å². The van der Waals surface area contributed by atoms with Crippen molar-refractivity contribution in [1.82, 2.24) is 15.3 Å². The molecule has 0 aliphatic heterocycles. The van der Waals surface area contributed by atoms with E-state index in [-0.39, 0.29) is 23.4 Å². The molecule has 0 bridgehead atoms. The van der Waals surface area contributed by atoms with Crippen molar-refractivity contribution in [2.45, 2.75) is 33.2 Å². The molecule has 2 N–H and O–H groups in total. The first kappa shape index (κ1) is 20.2. The molecule has 6 nitrogen and oxygen atoms in total. The van der Waals surface area contributed by atoms with Crippen LogP contribution in [0.5, 0.6) is 0 Å². The van der Waals surface area contributed by atoms with Gasteiger partial charge in [-0.25, -0.2) is 0 Å². The summed E-state index contributed by atoms with van der Waals surface area (Å²) in [6, 6.07) is 12.7. The van der Waals surface area contributed by atoms with Crippen molar-refractivity contribution in [2.24, 2.45) is 0 Å². The Bertz CT molecular complexity index is 1020. The zero-order valence-electron chi connectivity index (χ0n) is 16.8. The summed E-state index contributed by atoms with van der Waals surface area (Å²) in [4.78, 5) is 33.4. The molecule has 0 unspecified atom stereocenters. The van der Waals surface area contributed by atoms with Crippen molar-refractivity contribution in [2.75, 3.05) is 5.32 Å². The average Bonchev–Trinajstić information content (AvgIpc) is 2.74. The normalized spacial score (nSPS) is 10.6. The van der Waals surface area contributed by atoms with Crippen molar-refractivity contribution in [1.29, 1.82) is 0 Å². The number of nitrogens with one attached hydrogen (secondary N) is 2. The lowest BCUT2D eigenvalue weighted by atomic mass is 9.98. The minimum absolute atomic E-state index is 0.190. The second-order valence-electron chi connectivity index (χ2n) is 7.12. The Morgan fingerprint density at radius 2 is 1.86 bits per heavy atom. The number of hydrogen-bond acceptors (Lipinski definition) is 4. The molecule has 3 aromatic rings. The highest BCUT2D eigenvalue weighted by Gasteiger charge is 2.15. The predicted octanol–water partition coefficient (Wildman–Crippen LogP) is 4.09. The third-order valence-electron chi connectivity index (χ3n) is 4.60. The number of para-hydroxylation sites is 1. The largest absolute Gasteiger partial charge is 0.347 e. The molecule has 2 heterocycles. The Kier molecular flexibility index (Phi) is 6.34. The highest BCUT2D eigenvalue weighted by atomic mass is 16.2. The molecule has 0 saturated carbocycles. The number of amides is 2. The summed E-state index contributed by atoms with van der Waals surface area (Å²) in [7, 11) is 0. The fourth-order valence-corrected chi connectivity index (χ4v) is 3.00. The van der Waals surface area contributed by atoms with E-state index in [0.717, 1.165) is 22.4 Å².